The quantitative estimate of drug-likeness (QED) is 0.283. The van der Waals surface area contributed by atoms with Crippen LogP contribution in [-0.2, 0) is 13.0 Å². The molecule has 0 atom stereocenters. The van der Waals surface area contributed by atoms with Crippen molar-refractivity contribution in [3.05, 3.63) is 69.9 Å². The maximum atomic E-state index is 10.2. The lowest BCUT2D eigenvalue weighted by Gasteiger charge is -2.13. The summed E-state index contributed by atoms with van der Waals surface area (Å²) in [6.45, 7) is 1.26. The number of aliphatic imine (C=N–C) groups is 1. The van der Waals surface area contributed by atoms with Gasteiger partial charge in [-0.05, 0) is 42.1 Å². The number of hydrogen-bond acceptors (Lipinski definition) is 6. The number of nitrogens with two attached hydrogens (primary N) is 1. The lowest BCUT2D eigenvalue weighted by atomic mass is 10.1. The molecule has 0 saturated heterocycles. The molecular formula is C22H25N3O3S. The molecule has 152 valence electrons. The lowest BCUT2D eigenvalue weighted by Crippen LogP contribution is -2.17. The number of methoxy groups -OCH3 is 2. The van der Waals surface area contributed by atoms with E-state index in [9.17, 15) is 5.11 Å². The van der Waals surface area contributed by atoms with Gasteiger partial charge in [-0.2, -0.15) is 0 Å². The second kappa shape index (κ2) is 9.95. The molecule has 0 spiro atoms. The normalized spacial score (nSPS) is 11.4. The van der Waals surface area contributed by atoms with Gasteiger partial charge in [0.2, 0.25) is 0 Å². The fourth-order valence-electron chi connectivity index (χ4n) is 2.89. The Morgan fingerprint density at radius 3 is 2.59 bits per heavy atom. The molecular weight excluding hydrogens is 386 g/mol. The first kappa shape index (κ1) is 20.7. The van der Waals surface area contributed by atoms with Crippen molar-refractivity contribution in [3.8, 4) is 17.2 Å². The van der Waals surface area contributed by atoms with Crippen LogP contribution in [0.1, 0.15) is 16.0 Å². The summed E-state index contributed by atoms with van der Waals surface area (Å²) in [5.41, 5.74) is 8.76. The summed E-state index contributed by atoms with van der Waals surface area (Å²) in [6, 6.07) is 15.3. The van der Waals surface area contributed by atoms with E-state index < -0.39 is 0 Å². The van der Waals surface area contributed by atoms with Crippen LogP contribution in [0.2, 0.25) is 0 Å². The van der Waals surface area contributed by atoms with E-state index in [2.05, 4.69) is 10.3 Å². The predicted octanol–water partition coefficient (Wildman–Crippen LogP) is 3.84. The number of thiophene rings is 1. The second-order valence-electron chi connectivity index (χ2n) is 6.39. The molecule has 3 rings (SSSR count). The zero-order chi connectivity index (χ0) is 20.6. The van der Waals surface area contributed by atoms with Crippen molar-refractivity contribution in [1.82, 2.24) is 5.32 Å². The summed E-state index contributed by atoms with van der Waals surface area (Å²) in [7, 11) is 3.13. The van der Waals surface area contributed by atoms with Crippen LogP contribution < -0.4 is 20.5 Å². The van der Waals surface area contributed by atoms with E-state index in [0.717, 1.165) is 23.5 Å². The van der Waals surface area contributed by atoms with E-state index in [1.165, 1.54) is 5.56 Å². The van der Waals surface area contributed by atoms with Crippen molar-refractivity contribution in [2.75, 3.05) is 20.8 Å². The van der Waals surface area contributed by atoms with Crippen LogP contribution in [-0.4, -0.2) is 31.7 Å². The molecule has 0 unspecified atom stereocenters. The highest BCUT2D eigenvalue weighted by Crippen LogP contribution is 2.33. The van der Waals surface area contributed by atoms with Crippen LogP contribution in [0.25, 0.3) is 0 Å². The largest absolute Gasteiger partial charge is 0.507 e. The summed E-state index contributed by atoms with van der Waals surface area (Å²) in [5.74, 6) is 1.84. The van der Waals surface area contributed by atoms with Gasteiger partial charge in [0.05, 0.1) is 24.8 Å². The SMILES string of the molecule is COc1cc(O)c(CNCCc2ccc(N=C(N)c3cccs3)cc2)c(OC)c1. The number of ether oxygens (including phenoxy) is 2. The van der Waals surface area contributed by atoms with Gasteiger partial charge in [-0.3, -0.25) is 0 Å². The molecule has 0 saturated carbocycles. The van der Waals surface area contributed by atoms with Gasteiger partial charge in [0.1, 0.15) is 23.1 Å². The van der Waals surface area contributed by atoms with Gasteiger partial charge < -0.3 is 25.6 Å². The molecule has 7 heteroatoms. The summed E-state index contributed by atoms with van der Waals surface area (Å²) in [6.07, 6.45) is 0.851. The minimum Gasteiger partial charge on any atom is -0.507 e. The van der Waals surface area contributed by atoms with Crippen LogP contribution in [0.3, 0.4) is 0 Å². The molecule has 0 amide bonds. The lowest BCUT2D eigenvalue weighted by molar-refractivity contribution is 0.377. The molecule has 6 nitrogen and oxygen atoms in total. The summed E-state index contributed by atoms with van der Waals surface area (Å²) in [4.78, 5) is 5.43. The van der Waals surface area contributed by atoms with Gasteiger partial charge in [-0.15, -0.1) is 11.3 Å². The van der Waals surface area contributed by atoms with Gasteiger partial charge in [-0.1, -0.05) is 18.2 Å². The van der Waals surface area contributed by atoms with Crippen LogP contribution >= 0.6 is 11.3 Å². The minimum absolute atomic E-state index is 0.152. The molecule has 3 aromatic rings. The van der Waals surface area contributed by atoms with Crippen LogP contribution in [0.5, 0.6) is 17.2 Å². The van der Waals surface area contributed by atoms with Gasteiger partial charge >= 0.3 is 0 Å². The maximum absolute atomic E-state index is 10.2. The second-order valence-corrected chi connectivity index (χ2v) is 7.34. The van der Waals surface area contributed by atoms with Crippen molar-refractivity contribution in [2.24, 2.45) is 10.7 Å². The molecule has 0 aliphatic carbocycles. The Bertz CT molecular complexity index is 954. The first-order valence-corrected chi connectivity index (χ1v) is 10.1. The highest BCUT2D eigenvalue weighted by Gasteiger charge is 2.11. The minimum atomic E-state index is 0.152. The summed E-state index contributed by atoms with van der Waals surface area (Å²) < 4.78 is 10.5. The number of nitrogens with zero attached hydrogens (tertiary/aromatic N) is 1. The topological polar surface area (TPSA) is 89.1 Å². The first-order chi connectivity index (χ1) is 14.1. The van der Waals surface area contributed by atoms with Gasteiger partial charge in [-0.25, -0.2) is 4.99 Å². The van der Waals surface area contributed by atoms with Crippen LogP contribution in [0, 0.1) is 0 Å². The third-order valence-corrected chi connectivity index (χ3v) is 5.36. The van der Waals surface area contributed by atoms with E-state index in [1.54, 1.807) is 37.7 Å². The van der Waals surface area contributed by atoms with Crippen molar-refractivity contribution in [2.45, 2.75) is 13.0 Å². The van der Waals surface area contributed by atoms with E-state index in [4.69, 9.17) is 15.2 Å². The number of phenolic OH excluding ortho intramolecular Hbond substituents is 1. The Balaban J connectivity index is 1.53. The molecule has 0 fully saturated rings. The number of rotatable bonds is 9. The first-order valence-electron chi connectivity index (χ1n) is 9.22. The fourth-order valence-corrected chi connectivity index (χ4v) is 3.51. The van der Waals surface area contributed by atoms with E-state index in [-0.39, 0.29) is 5.75 Å². The highest BCUT2D eigenvalue weighted by atomic mass is 32.1. The molecule has 0 aliphatic rings. The molecule has 0 aliphatic heterocycles. The average molecular weight is 412 g/mol. The molecule has 0 bridgehead atoms. The van der Waals surface area contributed by atoms with E-state index >= 15 is 0 Å². The Hall–Kier alpha value is -3.03. The van der Waals surface area contributed by atoms with Gasteiger partial charge in [0.25, 0.3) is 0 Å². The number of hydrogen-bond donors (Lipinski definition) is 3. The number of phenols is 1. The zero-order valence-corrected chi connectivity index (χ0v) is 17.3. The third-order valence-electron chi connectivity index (χ3n) is 4.47. The fraction of sp³-hybridized carbons (Fsp3) is 0.227. The number of nitrogens with one attached hydrogen (secondary N) is 1. The predicted molar refractivity (Wildman–Crippen MR) is 118 cm³/mol. The summed E-state index contributed by atoms with van der Waals surface area (Å²) >= 11 is 1.57. The highest BCUT2D eigenvalue weighted by molar-refractivity contribution is 7.12. The Kier molecular flexibility index (Phi) is 7.10. The van der Waals surface area contributed by atoms with Gasteiger partial charge in [0, 0.05) is 24.2 Å². The Morgan fingerprint density at radius 2 is 1.93 bits per heavy atom. The van der Waals surface area contributed by atoms with Crippen molar-refractivity contribution in [3.63, 3.8) is 0 Å². The van der Waals surface area contributed by atoms with Crippen molar-refractivity contribution in [1.29, 1.82) is 0 Å². The maximum Gasteiger partial charge on any atom is 0.141 e. The van der Waals surface area contributed by atoms with E-state index in [1.807, 2.05) is 41.8 Å². The Morgan fingerprint density at radius 1 is 1.14 bits per heavy atom. The van der Waals surface area contributed by atoms with Crippen molar-refractivity contribution < 1.29 is 14.6 Å². The number of aromatic hydroxyl groups is 1. The molecule has 1 heterocycles. The molecule has 29 heavy (non-hydrogen) atoms. The zero-order valence-electron chi connectivity index (χ0n) is 16.5. The molecule has 4 N–H and O–H groups in total. The smallest absolute Gasteiger partial charge is 0.141 e. The number of benzene rings is 2. The van der Waals surface area contributed by atoms with Crippen LogP contribution in [0.4, 0.5) is 5.69 Å². The van der Waals surface area contributed by atoms with Crippen molar-refractivity contribution >= 4 is 22.9 Å². The van der Waals surface area contributed by atoms with E-state index in [0.29, 0.717) is 29.4 Å². The third kappa shape index (κ3) is 5.49. The molecule has 1 aromatic heterocycles. The molecule has 0 radical (unpaired) electrons. The number of amidine groups is 1. The molecule has 2 aromatic carbocycles. The standard InChI is InChI=1S/C22H25N3O3S/c1-27-17-12-19(26)18(20(13-17)28-2)14-24-10-9-15-5-7-16(8-6-15)25-22(23)21-4-3-11-29-21/h3-8,11-13,24,26H,9-10,14H2,1-2H3,(H2,23,25). The van der Waals surface area contributed by atoms with Gasteiger partial charge in [0.15, 0.2) is 0 Å². The average Bonchev–Trinajstić information content (AvgIpc) is 3.28. The monoisotopic (exact) mass is 411 g/mol. The summed E-state index contributed by atoms with van der Waals surface area (Å²) in [5, 5.41) is 15.5. The Labute approximate surface area is 174 Å². The van der Waals surface area contributed by atoms with Crippen LogP contribution in [0.15, 0.2) is 58.9 Å².